The van der Waals surface area contributed by atoms with Crippen LogP contribution in [0.1, 0.15) is 25.8 Å². The van der Waals surface area contributed by atoms with Crippen LogP contribution in [0.5, 0.6) is 0 Å². The average molecular weight is 457 g/mol. The summed E-state index contributed by atoms with van der Waals surface area (Å²) < 4.78 is 11.6. The molecule has 1 atom stereocenters. The summed E-state index contributed by atoms with van der Waals surface area (Å²) in [5.74, 6) is -0.372. The van der Waals surface area contributed by atoms with Gasteiger partial charge in [0, 0.05) is 15.4 Å². The Labute approximate surface area is 199 Å². The third-order valence-corrected chi connectivity index (χ3v) is 6.55. The molecule has 0 spiro atoms. The van der Waals surface area contributed by atoms with Crippen LogP contribution < -0.4 is 0 Å². The topological polar surface area (TPSA) is 35.5 Å². The summed E-state index contributed by atoms with van der Waals surface area (Å²) in [4.78, 5) is 14.3. The molecule has 0 saturated heterocycles. The van der Waals surface area contributed by atoms with Gasteiger partial charge in [0.1, 0.15) is 6.10 Å². The number of esters is 1. The molecule has 0 fully saturated rings. The highest BCUT2D eigenvalue weighted by atomic mass is 32.2. The van der Waals surface area contributed by atoms with Crippen molar-refractivity contribution in [1.29, 1.82) is 0 Å². The predicted molar refractivity (Wildman–Crippen MR) is 137 cm³/mol. The maximum Gasteiger partial charge on any atom is 0.333 e. The third kappa shape index (κ3) is 5.65. The van der Waals surface area contributed by atoms with E-state index in [1.807, 2.05) is 13.0 Å². The summed E-state index contributed by atoms with van der Waals surface area (Å²) in [5, 5.41) is 4.73. The van der Waals surface area contributed by atoms with Gasteiger partial charge >= 0.3 is 5.97 Å². The minimum absolute atomic E-state index is 0.292. The summed E-state index contributed by atoms with van der Waals surface area (Å²) in [6, 6.07) is 27.6. The van der Waals surface area contributed by atoms with Crippen LogP contribution in [0.15, 0.2) is 101 Å². The highest BCUT2D eigenvalue weighted by Gasteiger charge is 2.15. The van der Waals surface area contributed by atoms with Crippen molar-refractivity contribution < 1.29 is 14.3 Å². The van der Waals surface area contributed by atoms with E-state index in [-0.39, 0.29) is 12.1 Å². The van der Waals surface area contributed by atoms with Crippen LogP contribution >= 0.6 is 11.8 Å². The lowest BCUT2D eigenvalue weighted by Crippen LogP contribution is -2.23. The van der Waals surface area contributed by atoms with Crippen LogP contribution in [-0.4, -0.2) is 18.7 Å². The molecule has 1 unspecified atom stereocenters. The van der Waals surface area contributed by atoms with Crippen molar-refractivity contribution in [2.75, 3.05) is 6.61 Å². The summed E-state index contributed by atoms with van der Waals surface area (Å²) in [7, 11) is 0. The normalized spacial score (nSPS) is 12.1. The largest absolute Gasteiger partial charge is 0.457 e. The second-order valence-electron chi connectivity index (χ2n) is 8.11. The molecule has 4 rings (SSSR count). The fourth-order valence-corrected chi connectivity index (χ4v) is 4.63. The number of benzene rings is 4. The van der Waals surface area contributed by atoms with Crippen LogP contribution in [0.3, 0.4) is 0 Å². The molecule has 0 aliphatic rings. The van der Waals surface area contributed by atoms with E-state index in [0.717, 1.165) is 5.56 Å². The van der Waals surface area contributed by atoms with Crippen molar-refractivity contribution in [3.05, 3.63) is 96.6 Å². The van der Waals surface area contributed by atoms with Gasteiger partial charge < -0.3 is 9.47 Å². The van der Waals surface area contributed by atoms with Crippen molar-refractivity contribution in [3.8, 4) is 0 Å². The Kier molecular flexibility index (Phi) is 7.48. The quantitative estimate of drug-likeness (QED) is 0.148. The van der Waals surface area contributed by atoms with Gasteiger partial charge in [0.05, 0.1) is 13.2 Å². The summed E-state index contributed by atoms with van der Waals surface area (Å²) in [6.07, 6.45) is 0.396. The van der Waals surface area contributed by atoms with Crippen molar-refractivity contribution in [3.63, 3.8) is 0 Å². The molecule has 0 aliphatic carbocycles. The minimum Gasteiger partial charge on any atom is -0.457 e. The van der Waals surface area contributed by atoms with E-state index in [4.69, 9.17) is 9.47 Å². The smallest absolute Gasteiger partial charge is 0.333 e. The van der Waals surface area contributed by atoms with Gasteiger partial charge in [-0.2, -0.15) is 0 Å². The van der Waals surface area contributed by atoms with Gasteiger partial charge in [-0.1, -0.05) is 73.8 Å². The highest BCUT2D eigenvalue weighted by Crippen LogP contribution is 2.34. The number of hydrogen-bond donors (Lipinski definition) is 0. The van der Waals surface area contributed by atoms with E-state index in [1.54, 1.807) is 18.7 Å². The van der Waals surface area contributed by atoms with E-state index >= 15 is 0 Å². The Morgan fingerprint density at radius 2 is 1.64 bits per heavy atom. The Bertz CT molecular complexity index is 1280. The number of ether oxygens (including phenoxy) is 2. The summed E-state index contributed by atoms with van der Waals surface area (Å²) in [5.41, 5.74) is 1.55. The lowest BCUT2D eigenvalue weighted by Gasteiger charge is -2.18. The summed E-state index contributed by atoms with van der Waals surface area (Å²) >= 11 is 1.75. The fraction of sp³-hybridized carbons (Fsp3) is 0.207. The molecule has 0 radical (unpaired) electrons. The lowest BCUT2D eigenvalue weighted by molar-refractivity contribution is -0.147. The Hall–Kier alpha value is -3.08. The van der Waals surface area contributed by atoms with Crippen molar-refractivity contribution >= 4 is 39.3 Å². The molecular weight excluding hydrogens is 428 g/mol. The maximum absolute atomic E-state index is 11.9. The zero-order valence-electron chi connectivity index (χ0n) is 19.0. The van der Waals surface area contributed by atoms with Crippen molar-refractivity contribution in [1.82, 2.24) is 0 Å². The lowest BCUT2D eigenvalue weighted by atomic mass is 9.97. The van der Waals surface area contributed by atoms with Gasteiger partial charge in [-0.15, -0.1) is 0 Å². The van der Waals surface area contributed by atoms with Gasteiger partial charge in [-0.25, -0.2) is 4.79 Å². The molecule has 0 bridgehead atoms. The van der Waals surface area contributed by atoms with E-state index < -0.39 is 0 Å². The minimum atomic E-state index is -0.372. The molecule has 0 N–H and O–H groups in total. The molecule has 3 nitrogen and oxygen atoms in total. The number of fused-ring (bicyclic) bond motifs is 2. The first-order valence-electron chi connectivity index (χ1n) is 11.2. The van der Waals surface area contributed by atoms with Crippen molar-refractivity contribution in [2.24, 2.45) is 0 Å². The van der Waals surface area contributed by atoms with Crippen LogP contribution in [0.2, 0.25) is 0 Å². The zero-order chi connectivity index (χ0) is 23.2. The van der Waals surface area contributed by atoms with Crippen molar-refractivity contribution in [2.45, 2.75) is 42.8 Å². The maximum atomic E-state index is 11.9. The number of rotatable bonds is 9. The molecule has 0 aromatic heterocycles. The van der Waals surface area contributed by atoms with E-state index in [9.17, 15) is 4.79 Å². The summed E-state index contributed by atoms with van der Waals surface area (Å²) in [6.45, 7) is 8.09. The molecule has 0 saturated carbocycles. The van der Waals surface area contributed by atoms with Gasteiger partial charge in [0.25, 0.3) is 0 Å². The standard InChI is InChI=1S/C29H28O3S/c1-4-23(32-29(30)20(2)3)18-31-19-28-26-13-9-8-10-21(26)16-22-14-15-25(17-27(22)28)33-24-11-6-5-7-12-24/h5-17,23H,2,4,18-19H2,1,3H3. The SMILES string of the molecule is C=C(C)C(=O)OC(CC)COCc1c2ccccc2cc2ccc(Sc3ccccc3)cc12. The monoisotopic (exact) mass is 456 g/mol. The van der Waals surface area contributed by atoms with E-state index in [0.29, 0.717) is 25.2 Å². The second kappa shape index (κ2) is 10.7. The first kappa shape index (κ1) is 23.1. The first-order chi connectivity index (χ1) is 16.0. The predicted octanol–water partition coefficient (Wildman–Crippen LogP) is 7.56. The fourth-order valence-electron chi connectivity index (χ4n) is 3.76. The Balaban J connectivity index is 1.63. The second-order valence-corrected chi connectivity index (χ2v) is 9.25. The molecule has 0 aliphatic heterocycles. The van der Waals surface area contributed by atoms with E-state index in [2.05, 4.69) is 79.4 Å². The molecule has 0 amide bonds. The molecule has 4 aromatic carbocycles. The third-order valence-electron chi connectivity index (χ3n) is 5.55. The molecule has 4 heteroatoms. The molecular formula is C29H28O3S. The van der Waals surface area contributed by atoms with E-state index in [1.165, 1.54) is 31.3 Å². The van der Waals surface area contributed by atoms with Gasteiger partial charge in [-0.3, -0.25) is 0 Å². The van der Waals surface area contributed by atoms with Gasteiger partial charge in [0.15, 0.2) is 0 Å². The first-order valence-corrected chi connectivity index (χ1v) is 12.0. The van der Waals surface area contributed by atoms with Crippen LogP contribution in [0.25, 0.3) is 21.5 Å². The Morgan fingerprint density at radius 1 is 0.909 bits per heavy atom. The molecule has 168 valence electrons. The van der Waals surface area contributed by atoms with Crippen LogP contribution in [-0.2, 0) is 20.9 Å². The Morgan fingerprint density at radius 3 is 2.39 bits per heavy atom. The van der Waals surface area contributed by atoms with Crippen LogP contribution in [0, 0.1) is 0 Å². The highest BCUT2D eigenvalue weighted by molar-refractivity contribution is 7.99. The average Bonchev–Trinajstić information content (AvgIpc) is 2.83. The zero-order valence-corrected chi connectivity index (χ0v) is 19.9. The molecule has 4 aromatic rings. The number of hydrogen-bond acceptors (Lipinski definition) is 4. The number of carbonyl (C=O) groups excluding carboxylic acids is 1. The van der Waals surface area contributed by atoms with Crippen LogP contribution in [0.4, 0.5) is 0 Å². The molecule has 33 heavy (non-hydrogen) atoms. The number of carbonyl (C=O) groups is 1. The van der Waals surface area contributed by atoms with Gasteiger partial charge in [0.2, 0.25) is 0 Å². The van der Waals surface area contributed by atoms with Gasteiger partial charge in [-0.05, 0) is 70.8 Å². The molecule has 0 heterocycles.